The van der Waals surface area contributed by atoms with Crippen molar-refractivity contribution in [2.75, 3.05) is 25.2 Å². The lowest BCUT2D eigenvalue weighted by atomic mass is 10.1. The predicted molar refractivity (Wildman–Crippen MR) is 66.6 cm³/mol. The third kappa shape index (κ3) is 2.00. The van der Waals surface area contributed by atoms with Crippen molar-refractivity contribution in [1.82, 2.24) is 9.78 Å². The van der Waals surface area contributed by atoms with Crippen LogP contribution in [0.4, 0.5) is 5.82 Å². The number of hydrogen-bond donors (Lipinski definition) is 2. The van der Waals surface area contributed by atoms with E-state index in [4.69, 9.17) is 15.9 Å². The maximum absolute atomic E-state index is 7.66. The molecule has 1 aromatic heterocycles. The van der Waals surface area contributed by atoms with Gasteiger partial charge in [-0.25, -0.2) is 0 Å². The highest BCUT2D eigenvalue weighted by Crippen LogP contribution is 2.25. The van der Waals surface area contributed by atoms with Gasteiger partial charge >= 0.3 is 0 Å². The van der Waals surface area contributed by atoms with Crippen molar-refractivity contribution in [2.24, 2.45) is 12.8 Å². The number of aromatic nitrogens is 2. The van der Waals surface area contributed by atoms with Crippen LogP contribution in [0.2, 0.25) is 0 Å². The van der Waals surface area contributed by atoms with E-state index in [1.807, 2.05) is 21.0 Å². The Bertz CT molecular complexity index is 433. The van der Waals surface area contributed by atoms with E-state index < -0.39 is 0 Å². The number of aryl methyl sites for hydroxylation is 2. The standard InChI is InChI=1S/C11H19N5O/c1-7-9(10(12)13)11(16(3)14-7)15(2)8-4-5-17-6-8/h8H,4-6H2,1-3H3,(H3,12,13). The second kappa shape index (κ2) is 4.37. The Balaban J connectivity index is 2.39. The van der Waals surface area contributed by atoms with Crippen molar-refractivity contribution in [2.45, 2.75) is 19.4 Å². The summed E-state index contributed by atoms with van der Waals surface area (Å²) in [5.74, 6) is 0.960. The largest absolute Gasteiger partial charge is 0.384 e. The van der Waals surface area contributed by atoms with Gasteiger partial charge in [-0.1, -0.05) is 0 Å². The van der Waals surface area contributed by atoms with Crippen molar-refractivity contribution in [3.05, 3.63) is 11.3 Å². The average Bonchev–Trinajstić information content (AvgIpc) is 2.84. The molecule has 3 N–H and O–H groups in total. The van der Waals surface area contributed by atoms with Crippen LogP contribution in [0.1, 0.15) is 17.7 Å². The molecule has 1 aliphatic rings. The molecule has 1 saturated heterocycles. The first-order valence-corrected chi connectivity index (χ1v) is 5.71. The highest BCUT2D eigenvalue weighted by molar-refractivity contribution is 6.00. The summed E-state index contributed by atoms with van der Waals surface area (Å²) in [6.45, 7) is 3.39. The van der Waals surface area contributed by atoms with E-state index in [2.05, 4.69) is 10.00 Å². The van der Waals surface area contributed by atoms with E-state index >= 15 is 0 Å². The van der Waals surface area contributed by atoms with E-state index in [1.165, 1.54) is 0 Å². The van der Waals surface area contributed by atoms with Gasteiger partial charge in [-0.05, 0) is 13.3 Å². The molecule has 1 aromatic rings. The van der Waals surface area contributed by atoms with Gasteiger partial charge < -0.3 is 15.4 Å². The smallest absolute Gasteiger partial charge is 0.137 e. The summed E-state index contributed by atoms with van der Waals surface area (Å²) < 4.78 is 7.17. The van der Waals surface area contributed by atoms with Crippen LogP contribution in [0, 0.1) is 12.3 Å². The summed E-state index contributed by atoms with van der Waals surface area (Å²) in [5.41, 5.74) is 7.15. The number of rotatable bonds is 3. The molecular formula is C11H19N5O. The zero-order chi connectivity index (χ0) is 12.6. The molecule has 6 nitrogen and oxygen atoms in total. The van der Waals surface area contributed by atoms with Gasteiger partial charge in [0.25, 0.3) is 0 Å². The molecule has 0 spiro atoms. The summed E-state index contributed by atoms with van der Waals surface area (Å²) in [5, 5.41) is 12.0. The van der Waals surface area contributed by atoms with Crippen LogP contribution >= 0.6 is 0 Å². The van der Waals surface area contributed by atoms with Gasteiger partial charge in [0.15, 0.2) is 0 Å². The Morgan fingerprint density at radius 2 is 2.35 bits per heavy atom. The zero-order valence-corrected chi connectivity index (χ0v) is 10.5. The Morgan fingerprint density at radius 3 is 2.88 bits per heavy atom. The molecule has 0 radical (unpaired) electrons. The molecule has 94 valence electrons. The van der Waals surface area contributed by atoms with Gasteiger partial charge in [0.1, 0.15) is 11.7 Å². The molecule has 0 saturated carbocycles. The molecule has 0 bridgehead atoms. The van der Waals surface area contributed by atoms with Gasteiger partial charge in [-0.15, -0.1) is 0 Å². The van der Waals surface area contributed by atoms with Crippen LogP contribution < -0.4 is 10.6 Å². The Kier molecular flexibility index (Phi) is 3.06. The number of nitrogen functional groups attached to an aromatic ring is 1. The molecule has 1 unspecified atom stereocenters. The van der Waals surface area contributed by atoms with E-state index in [1.54, 1.807) is 4.68 Å². The molecular weight excluding hydrogens is 218 g/mol. The van der Waals surface area contributed by atoms with E-state index in [-0.39, 0.29) is 5.84 Å². The van der Waals surface area contributed by atoms with Gasteiger partial charge in [0, 0.05) is 20.7 Å². The van der Waals surface area contributed by atoms with Gasteiger partial charge in [0.05, 0.1) is 23.9 Å². The Labute approximate surface area is 101 Å². The van der Waals surface area contributed by atoms with Crippen molar-refractivity contribution in [3.8, 4) is 0 Å². The summed E-state index contributed by atoms with van der Waals surface area (Å²) in [4.78, 5) is 2.11. The minimum Gasteiger partial charge on any atom is -0.384 e. The fraction of sp³-hybridized carbons (Fsp3) is 0.636. The molecule has 6 heteroatoms. The highest BCUT2D eigenvalue weighted by atomic mass is 16.5. The van der Waals surface area contributed by atoms with E-state index in [9.17, 15) is 0 Å². The monoisotopic (exact) mass is 237 g/mol. The number of nitrogens with one attached hydrogen (secondary N) is 1. The lowest BCUT2D eigenvalue weighted by Gasteiger charge is -2.26. The third-order valence-electron chi connectivity index (χ3n) is 3.25. The van der Waals surface area contributed by atoms with Gasteiger partial charge in [-0.3, -0.25) is 10.1 Å². The van der Waals surface area contributed by atoms with Gasteiger partial charge in [0.2, 0.25) is 0 Å². The summed E-state index contributed by atoms with van der Waals surface area (Å²) in [7, 11) is 3.88. The van der Waals surface area contributed by atoms with Crippen LogP contribution in [-0.2, 0) is 11.8 Å². The lowest BCUT2D eigenvalue weighted by molar-refractivity contribution is 0.193. The Morgan fingerprint density at radius 1 is 1.65 bits per heavy atom. The molecule has 0 aliphatic carbocycles. The van der Waals surface area contributed by atoms with Gasteiger partial charge in [-0.2, -0.15) is 5.10 Å². The number of nitrogens with zero attached hydrogens (tertiary/aromatic N) is 3. The van der Waals surface area contributed by atoms with Crippen molar-refractivity contribution in [3.63, 3.8) is 0 Å². The molecule has 2 rings (SSSR count). The number of hydrogen-bond acceptors (Lipinski definition) is 4. The number of likely N-dealkylation sites (N-methyl/N-ethyl adjacent to an activating group) is 1. The predicted octanol–water partition coefficient (Wildman–Crippen LogP) is 0.238. The second-order valence-electron chi connectivity index (χ2n) is 4.45. The minimum atomic E-state index is 0.0661. The SMILES string of the molecule is Cc1nn(C)c(N(C)C2CCOC2)c1C(=N)N. The molecule has 0 aromatic carbocycles. The fourth-order valence-electron chi connectivity index (χ4n) is 2.37. The van der Waals surface area contributed by atoms with Crippen LogP contribution in [0.3, 0.4) is 0 Å². The van der Waals surface area contributed by atoms with Crippen LogP contribution in [0.25, 0.3) is 0 Å². The first kappa shape index (κ1) is 11.9. The summed E-state index contributed by atoms with van der Waals surface area (Å²) in [6, 6.07) is 0.336. The maximum atomic E-state index is 7.66. The Hall–Kier alpha value is -1.56. The van der Waals surface area contributed by atoms with E-state index in [0.29, 0.717) is 6.04 Å². The lowest BCUT2D eigenvalue weighted by Crippen LogP contribution is -2.34. The fourth-order valence-corrected chi connectivity index (χ4v) is 2.37. The number of amidine groups is 1. The molecule has 1 aliphatic heterocycles. The number of nitrogens with two attached hydrogens (primary N) is 1. The summed E-state index contributed by atoms with van der Waals surface area (Å²) in [6.07, 6.45) is 0.998. The van der Waals surface area contributed by atoms with Crippen LogP contribution in [-0.4, -0.2) is 41.9 Å². The second-order valence-corrected chi connectivity index (χ2v) is 4.45. The third-order valence-corrected chi connectivity index (χ3v) is 3.25. The first-order valence-electron chi connectivity index (χ1n) is 5.71. The zero-order valence-electron chi connectivity index (χ0n) is 10.5. The highest BCUT2D eigenvalue weighted by Gasteiger charge is 2.26. The summed E-state index contributed by atoms with van der Waals surface area (Å²) >= 11 is 0. The van der Waals surface area contributed by atoms with Crippen LogP contribution in [0.5, 0.6) is 0 Å². The minimum absolute atomic E-state index is 0.0661. The van der Waals surface area contributed by atoms with Crippen molar-refractivity contribution >= 4 is 11.7 Å². The normalized spacial score (nSPS) is 19.6. The molecule has 2 heterocycles. The number of ether oxygens (including phenoxy) is 1. The topological polar surface area (TPSA) is 80.2 Å². The number of anilines is 1. The van der Waals surface area contributed by atoms with Crippen molar-refractivity contribution in [1.29, 1.82) is 5.41 Å². The first-order chi connectivity index (χ1) is 8.02. The van der Waals surface area contributed by atoms with E-state index in [0.717, 1.165) is 36.7 Å². The van der Waals surface area contributed by atoms with Crippen LogP contribution in [0.15, 0.2) is 0 Å². The maximum Gasteiger partial charge on any atom is 0.137 e. The molecule has 1 atom stereocenters. The van der Waals surface area contributed by atoms with Crippen molar-refractivity contribution < 1.29 is 4.74 Å². The molecule has 17 heavy (non-hydrogen) atoms. The average molecular weight is 237 g/mol. The molecule has 1 fully saturated rings. The molecule has 0 amide bonds. The quantitative estimate of drug-likeness (QED) is 0.583.